The van der Waals surface area contributed by atoms with Crippen LogP contribution in [-0.2, 0) is 4.79 Å². The van der Waals surface area contributed by atoms with Crippen molar-refractivity contribution in [1.82, 2.24) is 0 Å². The van der Waals surface area contributed by atoms with Crippen molar-refractivity contribution in [2.75, 3.05) is 10.9 Å². The summed E-state index contributed by atoms with van der Waals surface area (Å²) in [7, 11) is 0. The van der Waals surface area contributed by atoms with Crippen LogP contribution in [0.4, 0.5) is 11.4 Å². The second kappa shape index (κ2) is 12.7. The fraction of sp³-hybridized carbons (Fsp3) is 0.0800. The molecule has 0 saturated carbocycles. The molecule has 184 valence electrons. The van der Waals surface area contributed by atoms with Gasteiger partial charge in [-0.15, -0.1) is 22.7 Å². The molecule has 2 aromatic carbocycles. The van der Waals surface area contributed by atoms with Gasteiger partial charge in [0.05, 0.1) is 11.4 Å². The van der Waals surface area contributed by atoms with Crippen LogP contribution in [0.25, 0.3) is 0 Å². The molecule has 0 bridgehead atoms. The van der Waals surface area contributed by atoms with E-state index in [1.54, 1.807) is 48.5 Å². The molecule has 2 heterocycles. The topological polar surface area (TPSA) is 65.8 Å². The standard InChI is InChI=1S/C25H18Cl4N4OS2/c26-15-5-9-17(10-6-15)30-32-24(28)21(19-3-1-13-35-19)23(34)22(20-4-2-14-36-20)25(29)33-31-18-11-7-16(27)8-12-18/h1-14,21-22,30-31H. The highest BCUT2D eigenvalue weighted by Crippen LogP contribution is 2.35. The summed E-state index contributed by atoms with van der Waals surface area (Å²) >= 11 is 28.0. The molecule has 0 aliphatic carbocycles. The molecule has 2 N–H and O–H groups in total. The minimum Gasteiger partial charge on any atom is -0.297 e. The van der Waals surface area contributed by atoms with E-state index in [9.17, 15) is 4.79 Å². The highest BCUT2D eigenvalue weighted by atomic mass is 35.5. The third kappa shape index (κ3) is 6.88. The Morgan fingerprint density at radius 1 is 0.667 bits per heavy atom. The smallest absolute Gasteiger partial charge is 0.163 e. The molecule has 0 aliphatic heterocycles. The fourth-order valence-corrected chi connectivity index (χ4v) is 5.83. The van der Waals surface area contributed by atoms with Crippen molar-refractivity contribution in [3.05, 3.63) is 103 Å². The number of hydrogen-bond acceptors (Lipinski definition) is 7. The Bertz CT molecular complexity index is 1240. The maximum Gasteiger partial charge on any atom is 0.163 e. The number of thiophene rings is 2. The summed E-state index contributed by atoms with van der Waals surface area (Å²) in [5, 5.41) is 13.7. The summed E-state index contributed by atoms with van der Waals surface area (Å²) in [6, 6.07) is 21.4. The maximum atomic E-state index is 14.0. The van der Waals surface area contributed by atoms with E-state index in [1.807, 2.05) is 35.0 Å². The van der Waals surface area contributed by atoms with Gasteiger partial charge in [0.2, 0.25) is 0 Å². The van der Waals surface area contributed by atoms with E-state index in [1.165, 1.54) is 22.7 Å². The van der Waals surface area contributed by atoms with Crippen molar-refractivity contribution in [2.45, 2.75) is 11.8 Å². The van der Waals surface area contributed by atoms with E-state index >= 15 is 0 Å². The highest BCUT2D eigenvalue weighted by molar-refractivity contribution is 7.11. The normalized spacial score (nSPS) is 13.8. The lowest BCUT2D eigenvalue weighted by molar-refractivity contribution is -0.118. The van der Waals surface area contributed by atoms with Gasteiger partial charge in [-0.25, -0.2) is 0 Å². The third-order valence-electron chi connectivity index (χ3n) is 4.97. The minimum atomic E-state index is -0.849. The first kappa shape index (κ1) is 26.7. The van der Waals surface area contributed by atoms with Crippen molar-refractivity contribution >= 4 is 96.6 Å². The number of nitrogens with one attached hydrogen (secondary N) is 2. The average Bonchev–Trinajstić information content (AvgIpc) is 3.59. The molecule has 0 aliphatic rings. The van der Waals surface area contributed by atoms with E-state index in [4.69, 9.17) is 46.4 Å². The van der Waals surface area contributed by atoms with Gasteiger partial charge in [-0.1, -0.05) is 58.5 Å². The van der Waals surface area contributed by atoms with E-state index < -0.39 is 11.8 Å². The van der Waals surface area contributed by atoms with Crippen molar-refractivity contribution in [3.63, 3.8) is 0 Å². The summed E-state index contributed by atoms with van der Waals surface area (Å²) in [6.07, 6.45) is 0. The van der Waals surface area contributed by atoms with Gasteiger partial charge >= 0.3 is 0 Å². The van der Waals surface area contributed by atoms with Gasteiger partial charge in [0.1, 0.15) is 22.2 Å². The molecular weight excluding hydrogens is 578 g/mol. The maximum absolute atomic E-state index is 14.0. The van der Waals surface area contributed by atoms with Gasteiger partial charge in [-0.3, -0.25) is 15.6 Å². The zero-order chi connectivity index (χ0) is 25.5. The van der Waals surface area contributed by atoms with Crippen molar-refractivity contribution in [3.8, 4) is 0 Å². The predicted octanol–water partition coefficient (Wildman–Crippen LogP) is 8.88. The van der Waals surface area contributed by atoms with Gasteiger partial charge in [0.15, 0.2) is 5.78 Å². The minimum absolute atomic E-state index is 0.0779. The Morgan fingerprint density at radius 3 is 1.39 bits per heavy atom. The molecule has 2 atom stereocenters. The zero-order valence-corrected chi connectivity index (χ0v) is 23.0. The van der Waals surface area contributed by atoms with Crippen LogP contribution >= 0.6 is 69.1 Å². The average molecular weight is 596 g/mol. The summed E-state index contributed by atoms with van der Waals surface area (Å²) in [6.45, 7) is 0. The first-order valence-corrected chi connectivity index (χ1v) is 13.8. The molecule has 0 amide bonds. The lowest BCUT2D eigenvalue weighted by atomic mass is 9.91. The van der Waals surface area contributed by atoms with E-state index in [-0.39, 0.29) is 16.1 Å². The molecular formula is C25H18Cl4N4OS2. The van der Waals surface area contributed by atoms with Crippen LogP contribution in [0, 0.1) is 0 Å². The van der Waals surface area contributed by atoms with Crippen molar-refractivity contribution in [1.29, 1.82) is 0 Å². The van der Waals surface area contributed by atoms with Gasteiger partial charge < -0.3 is 0 Å². The number of benzene rings is 2. The summed E-state index contributed by atoms with van der Waals surface area (Å²) < 4.78 is 0. The van der Waals surface area contributed by atoms with E-state index in [0.29, 0.717) is 21.4 Å². The van der Waals surface area contributed by atoms with Crippen LogP contribution in [-0.4, -0.2) is 16.1 Å². The molecule has 2 aromatic heterocycles. The molecule has 11 heteroatoms. The van der Waals surface area contributed by atoms with Gasteiger partial charge in [-0.05, 0) is 71.4 Å². The third-order valence-corrected chi connectivity index (χ3v) is 7.96. The van der Waals surface area contributed by atoms with E-state index in [0.717, 1.165) is 9.75 Å². The number of carbonyl (C=O) groups excluding carboxylic acids is 1. The number of hydrogen-bond donors (Lipinski definition) is 2. The number of nitrogens with zero attached hydrogens (tertiary/aromatic N) is 2. The van der Waals surface area contributed by atoms with Gasteiger partial charge in [0.25, 0.3) is 0 Å². The van der Waals surface area contributed by atoms with Crippen molar-refractivity contribution < 1.29 is 4.79 Å². The van der Waals surface area contributed by atoms with Crippen LogP contribution < -0.4 is 10.9 Å². The number of anilines is 2. The molecule has 0 fully saturated rings. The van der Waals surface area contributed by atoms with Gasteiger partial charge in [-0.2, -0.15) is 10.2 Å². The summed E-state index contributed by atoms with van der Waals surface area (Å²) in [5.74, 6) is -1.95. The fourth-order valence-electron chi connectivity index (χ4n) is 3.24. The number of carbonyl (C=O) groups is 1. The van der Waals surface area contributed by atoms with Gasteiger partial charge in [0, 0.05) is 19.8 Å². The zero-order valence-electron chi connectivity index (χ0n) is 18.4. The molecule has 0 radical (unpaired) electrons. The molecule has 4 aromatic rings. The van der Waals surface area contributed by atoms with Crippen LogP contribution in [0.3, 0.4) is 0 Å². The number of rotatable bonds is 10. The molecule has 5 nitrogen and oxygen atoms in total. The second-order valence-electron chi connectivity index (χ2n) is 7.41. The second-order valence-corrected chi connectivity index (χ2v) is 11.0. The Balaban J connectivity index is 1.65. The Labute approximate surface area is 236 Å². The summed E-state index contributed by atoms with van der Waals surface area (Å²) in [4.78, 5) is 15.5. The van der Waals surface area contributed by atoms with Crippen LogP contribution in [0.1, 0.15) is 21.6 Å². The molecule has 4 rings (SSSR count). The predicted molar refractivity (Wildman–Crippen MR) is 156 cm³/mol. The highest BCUT2D eigenvalue weighted by Gasteiger charge is 2.36. The lowest BCUT2D eigenvalue weighted by Gasteiger charge is -2.19. The molecule has 0 saturated heterocycles. The van der Waals surface area contributed by atoms with Crippen LogP contribution in [0.15, 0.2) is 93.8 Å². The quantitative estimate of drug-likeness (QED) is 0.142. The Kier molecular flexibility index (Phi) is 9.42. The lowest BCUT2D eigenvalue weighted by Crippen LogP contribution is -2.28. The first-order chi connectivity index (χ1) is 17.4. The number of halogens is 4. The largest absolute Gasteiger partial charge is 0.297 e. The Hall–Kier alpha value is -2.39. The monoisotopic (exact) mass is 594 g/mol. The molecule has 0 spiro atoms. The SMILES string of the molecule is O=C(C(C(Cl)=NNc1ccc(Cl)cc1)c1cccs1)C(C(Cl)=NNc1ccc(Cl)cc1)c1cccs1. The first-order valence-electron chi connectivity index (χ1n) is 10.5. The van der Waals surface area contributed by atoms with Crippen molar-refractivity contribution in [2.24, 2.45) is 10.2 Å². The van der Waals surface area contributed by atoms with Crippen LogP contribution in [0.2, 0.25) is 10.0 Å². The Morgan fingerprint density at radius 2 is 1.06 bits per heavy atom. The molecule has 2 unspecified atom stereocenters. The number of Topliss-reactive ketones (excluding diaryl/α,β-unsaturated/α-hetero) is 1. The number of hydrazone groups is 2. The number of ketones is 1. The molecule has 36 heavy (non-hydrogen) atoms. The van der Waals surface area contributed by atoms with E-state index in [2.05, 4.69) is 21.1 Å². The van der Waals surface area contributed by atoms with Crippen LogP contribution in [0.5, 0.6) is 0 Å². The summed E-state index contributed by atoms with van der Waals surface area (Å²) in [5.41, 5.74) is 7.13.